The highest BCUT2D eigenvalue weighted by Gasteiger charge is 2.34. The summed E-state index contributed by atoms with van der Waals surface area (Å²) in [5.74, 6) is 0. The first-order valence-corrected chi connectivity index (χ1v) is 9.94. The van der Waals surface area contributed by atoms with Crippen molar-refractivity contribution in [2.45, 2.75) is 25.7 Å². The van der Waals surface area contributed by atoms with E-state index < -0.39 is 17.8 Å². The molecule has 0 bridgehead atoms. The zero-order valence-corrected chi connectivity index (χ0v) is 16.5. The fourth-order valence-electron chi connectivity index (χ4n) is 3.49. The molecule has 0 unspecified atom stereocenters. The van der Waals surface area contributed by atoms with Crippen molar-refractivity contribution in [3.63, 3.8) is 0 Å². The molecule has 0 atom stereocenters. The number of nitrogens with zero attached hydrogens (tertiary/aromatic N) is 3. The lowest BCUT2D eigenvalue weighted by Crippen LogP contribution is -2.39. The lowest BCUT2D eigenvalue weighted by atomic mass is 10.1. The van der Waals surface area contributed by atoms with Crippen molar-refractivity contribution in [1.82, 2.24) is 14.5 Å². The van der Waals surface area contributed by atoms with Crippen LogP contribution in [0.25, 0.3) is 10.2 Å². The second kappa shape index (κ2) is 7.60. The van der Waals surface area contributed by atoms with Crippen LogP contribution < -0.4 is 10.9 Å². The minimum atomic E-state index is -4.57. The van der Waals surface area contributed by atoms with Gasteiger partial charge in [0.1, 0.15) is 4.83 Å². The summed E-state index contributed by atoms with van der Waals surface area (Å²) in [6.07, 6.45) is -1.06. The average molecular weight is 434 g/mol. The van der Waals surface area contributed by atoms with Crippen molar-refractivity contribution in [2.75, 3.05) is 11.9 Å². The first-order chi connectivity index (χ1) is 14.3. The standard InChI is InChI=1S/C20H17F3N4O2S/c1-2-8-27-11-24-17-16(18(27)28)12-7-9-26(10-15(12)30-17)19(29)25-14-6-4-3-5-13(14)20(21,22)23/h2-6,11H,1,7-10H2,(H,25,29). The van der Waals surface area contributed by atoms with Crippen molar-refractivity contribution in [3.8, 4) is 0 Å². The molecule has 2 amide bonds. The van der Waals surface area contributed by atoms with Crippen LogP contribution in [0.4, 0.5) is 23.7 Å². The summed E-state index contributed by atoms with van der Waals surface area (Å²) >= 11 is 1.32. The molecule has 156 valence electrons. The van der Waals surface area contributed by atoms with Gasteiger partial charge in [-0.25, -0.2) is 9.78 Å². The lowest BCUT2D eigenvalue weighted by Gasteiger charge is -2.27. The Morgan fingerprint density at radius 3 is 2.83 bits per heavy atom. The number of thiophene rings is 1. The Hall–Kier alpha value is -3.14. The van der Waals surface area contributed by atoms with Crippen molar-refractivity contribution < 1.29 is 18.0 Å². The molecule has 2 aromatic heterocycles. The van der Waals surface area contributed by atoms with Gasteiger partial charge in [-0.3, -0.25) is 9.36 Å². The third-order valence-electron chi connectivity index (χ3n) is 4.91. The van der Waals surface area contributed by atoms with Crippen molar-refractivity contribution >= 4 is 33.3 Å². The first-order valence-electron chi connectivity index (χ1n) is 9.12. The highest BCUT2D eigenvalue weighted by Crippen LogP contribution is 2.35. The molecule has 0 aliphatic carbocycles. The molecule has 0 fully saturated rings. The molecule has 3 aromatic rings. The molecule has 6 nitrogen and oxygen atoms in total. The number of para-hydroxylation sites is 1. The largest absolute Gasteiger partial charge is 0.418 e. The van der Waals surface area contributed by atoms with Gasteiger partial charge in [0.25, 0.3) is 5.56 Å². The normalized spacial score (nSPS) is 13.9. The molecular formula is C20H17F3N4O2S. The zero-order valence-electron chi connectivity index (χ0n) is 15.7. The maximum absolute atomic E-state index is 13.2. The Bertz CT molecular complexity index is 1200. The molecule has 0 saturated heterocycles. The summed E-state index contributed by atoms with van der Waals surface area (Å²) in [6, 6.07) is 4.24. The van der Waals surface area contributed by atoms with E-state index in [-0.39, 0.29) is 24.3 Å². The van der Waals surface area contributed by atoms with Gasteiger partial charge in [0, 0.05) is 18.0 Å². The van der Waals surface area contributed by atoms with Gasteiger partial charge in [0.2, 0.25) is 0 Å². The lowest BCUT2D eigenvalue weighted by molar-refractivity contribution is -0.136. The topological polar surface area (TPSA) is 67.2 Å². The van der Waals surface area contributed by atoms with Gasteiger partial charge in [-0.15, -0.1) is 17.9 Å². The Morgan fingerprint density at radius 2 is 2.10 bits per heavy atom. The molecule has 1 aliphatic rings. The zero-order chi connectivity index (χ0) is 21.5. The van der Waals surface area contributed by atoms with Crippen molar-refractivity contribution in [2.24, 2.45) is 0 Å². The van der Waals surface area contributed by atoms with E-state index in [0.717, 1.165) is 16.5 Å². The number of carbonyl (C=O) groups is 1. The third-order valence-corrected chi connectivity index (χ3v) is 6.04. The predicted octanol–water partition coefficient (Wildman–Crippen LogP) is 4.25. The number of anilines is 1. The number of urea groups is 1. The molecule has 1 N–H and O–H groups in total. The van der Waals surface area contributed by atoms with Gasteiger partial charge in [-0.2, -0.15) is 13.2 Å². The monoisotopic (exact) mass is 434 g/mol. The summed E-state index contributed by atoms with van der Waals surface area (Å²) in [6.45, 7) is 4.47. The van der Waals surface area contributed by atoms with Crippen LogP contribution in [-0.2, 0) is 25.7 Å². The minimum Gasteiger partial charge on any atom is -0.319 e. The molecule has 1 aromatic carbocycles. The molecule has 30 heavy (non-hydrogen) atoms. The van der Waals surface area contributed by atoms with E-state index in [1.807, 2.05) is 0 Å². The van der Waals surface area contributed by atoms with Crippen LogP contribution in [-0.4, -0.2) is 27.0 Å². The maximum Gasteiger partial charge on any atom is 0.418 e. The van der Waals surface area contributed by atoms with Crippen LogP contribution in [0.1, 0.15) is 16.0 Å². The van der Waals surface area contributed by atoms with Gasteiger partial charge >= 0.3 is 12.2 Å². The van der Waals surface area contributed by atoms with Crippen LogP contribution in [0.2, 0.25) is 0 Å². The quantitative estimate of drug-likeness (QED) is 0.627. The summed E-state index contributed by atoms with van der Waals surface area (Å²) in [4.78, 5) is 32.5. The van der Waals surface area contributed by atoms with Gasteiger partial charge in [0.15, 0.2) is 0 Å². The fraction of sp³-hybridized carbons (Fsp3) is 0.250. The summed E-state index contributed by atoms with van der Waals surface area (Å²) < 4.78 is 41.0. The SMILES string of the molecule is C=CCn1cnc2sc3c(c2c1=O)CCN(C(=O)Nc1ccccc1C(F)(F)F)C3. The number of carbonyl (C=O) groups excluding carboxylic acids is 1. The Kier molecular flexibility index (Phi) is 5.10. The number of rotatable bonds is 3. The van der Waals surface area contributed by atoms with Crippen molar-refractivity contribution in [1.29, 1.82) is 0 Å². The smallest absolute Gasteiger partial charge is 0.319 e. The van der Waals surface area contributed by atoms with Gasteiger partial charge in [-0.05, 0) is 24.1 Å². The number of hydrogen-bond donors (Lipinski definition) is 1. The average Bonchev–Trinajstić information content (AvgIpc) is 3.08. The van der Waals surface area contributed by atoms with E-state index in [0.29, 0.717) is 23.2 Å². The molecule has 10 heteroatoms. The third kappa shape index (κ3) is 3.58. The van der Waals surface area contributed by atoms with Crippen molar-refractivity contribution in [3.05, 3.63) is 69.6 Å². The number of nitrogens with one attached hydrogen (secondary N) is 1. The number of halogens is 3. The van der Waals surface area contributed by atoms with E-state index in [2.05, 4.69) is 16.9 Å². The highest BCUT2D eigenvalue weighted by atomic mass is 32.1. The van der Waals surface area contributed by atoms with E-state index in [1.54, 1.807) is 6.08 Å². The van der Waals surface area contributed by atoms with E-state index >= 15 is 0 Å². The summed E-state index contributed by atoms with van der Waals surface area (Å²) in [5.41, 5.74) is -0.490. The number of alkyl halides is 3. The fourth-order valence-corrected chi connectivity index (χ4v) is 4.69. The maximum atomic E-state index is 13.2. The number of benzene rings is 1. The molecule has 1 aliphatic heterocycles. The van der Waals surface area contributed by atoms with Gasteiger partial charge in [0.05, 0.1) is 29.5 Å². The molecule has 0 spiro atoms. The Labute approximate surface area is 173 Å². The van der Waals surface area contributed by atoms with Crippen LogP contribution in [0.15, 0.2) is 48.0 Å². The molecule has 4 rings (SSSR count). The molecular weight excluding hydrogens is 417 g/mol. The van der Waals surface area contributed by atoms with Gasteiger partial charge in [-0.1, -0.05) is 18.2 Å². The number of aromatic nitrogens is 2. The number of amides is 2. The molecule has 0 saturated carbocycles. The van der Waals surface area contributed by atoms with Crippen LogP contribution in [0, 0.1) is 0 Å². The minimum absolute atomic E-state index is 0.158. The first kappa shape index (κ1) is 20.1. The number of fused-ring (bicyclic) bond motifs is 3. The number of hydrogen-bond acceptors (Lipinski definition) is 4. The summed E-state index contributed by atoms with van der Waals surface area (Å²) in [5, 5.41) is 2.91. The van der Waals surface area contributed by atoms with E-state index in [4.69, 9.17) is 0 Å². The molecule has 0 radical (unpaired) electrons. The highest BCUT2D eigenvalue weighted by molar-refractivity contribution is 7.18. The Morgan fingerprint density at radius 1 is 1.33 bits per heavy atom. The second-order valence-electron chi connectivity index (χ2n) is 6.82. The van der Waals surface area contributed by atoms with Gasteiger partial charge < -0.3 is 10.2 Å². The number of allylic oxidation sites excluding steroid dienone is 1. The van der Waals surface area contributed by atoms with Crippen LogP contribution >= 0.6 is 11.3 Å². The Balaban J connectivity index is 1.59. The van der Waals surface area contributed by atoms with E-state index in [9.17, 15) is 22.8 Å². The predicted molar refractivity (Wildman–Crippen MR) is 109 cm³/mol. The van der Waals surface area contributed by atoms with Crippen LogP contribution in [0.3, 0.4) is 0 Å². The van der Waals surface area contributed by atoms with Crippen LogP contribution in [0.5, 0.6) is 0 Å². The summed E-state index contributed by atoms with van der Waals surface area (Å²) in [7, 11) is 0. The van der Waals surface area contributed by atoms with E-state index in [1.165, 1.54) is 45.3 Å². The molecule has 3 heterocycles. The second-order valence-corrected chi connectivity index (χ2v) is 7.90.